The Labute approximate surface area is 95.4 Å². The molecule has 1 fully saturated rings. The van der Waals surface area contributed by atoms with E-state index in [1.807, 2.05) is 0 Å². The highest BCUT2D eigenvalue weighted by Gasteiger charge is 2.18. The predicted molar refractivity (Wildman–Crippen MR) is 67.2 cm³/mol. The van der Waals surface area contributed by atoms with Crippen molar-refractivity contribution in [1.82, 2.24) is 10.2 Å². The minimum absolute atomic E-state index is 0.409. The molecule has 2 nitrogen and oxygen atoms in total. The summed E-state index contributed by atoms with van der Waals surface area (Å²) in [5, 5.41) is 3.54. The van der Waals surface area contributed by atoms with Gasteiger partial charge in [-0.3, -0.25) is 0 Å². The van der Waals surface area contributed by atoms with Crippen molar-refractivity contribution < 1.29 is 0 Å². The number of likely N-dealkylation sites (N-methyl/N-ethyl adjacent to an activating group) is 1. The Hall–Kier alpha value is -0.0800. The third-order valence-electron chi connectivity index (χ3n) is 3.24. The van der Waals surface area contributed by atoms with Gasteiger partial charge in [0.05, 0.1) is 0 Å². The van der Waals surface area contributed by atoms with Gasteiger partial charge in [-0.2, -0.15) is 0 Å². The van der Waals surface area contributed by atoms with Gasteiger partial charge in [-0.15, -0.1) is 0 Å². The highest BCUT2D eigenvalue weighted by molar-refractivity contribution is 4.75. The second kappa shape index (κ2) is 5.86. The van der Waals surface area contributed by atoms with Crippen LogP contribution in [0.2, 0.25) is 0 Å². The van der Waals surface area contributed by atoms with E-state index in [0.29, 0.717) is 5.41 Å². The van der Waals surface area contributed by atoms with Gasteiger partial charge in [-0.1, -0.05) is 33.6 Å². The van der Waals surface area contributed by atoms with Crippen molar-refractivity contribution in [2.24, 2.45) is 5.41 Å². The highest BCUT2D eigenvalue weighted by atomic mass is 15.1. The first-order valence-corrected chi connectivity index (χ1v) is 6.40. The lowest BCUT2D eigenvalue weighted by Crippen LogP contribution is -2.37. The van der Waals surface area contributed by atoms with E-state index in [4.69, 9.17) is 0 Å². The highest BCUT2D eigenvalue weighted by Crippen LogP contribution is 2.21. The Bertz CT molecular complexity index is 166. The summed E-state index contributed by atoms with van der Waals surface area (Å²) in [6.45, 7) is 10.3. The molecule has 0 amide bonds. The molecule has 1 N–H and O–H groups in total. The third-order valence-corrected chi connectivity index (χ3v) is 3.24. The molecule has 0 spiro atoms. The normalized spacial score (nSPS) is 19.0. The van der Waals surface area contributed by atoms with Crippen LogP contribution in [0.3, 0.4) is 0 Å². The topological polar surface area (TPSA) is 15.3 Å². The Kier molecular flexibility index (Phi) is 5.07. The molecule has 0 aromatic rings. The van der Waals surface area contributed by atoms with Crippen LogP contribution >= 0.6 is 0 Å². The summed E-state index contributed by atoms with van der Waals surface area (Å²) in [4.78, 5) is 2.53. The molecule has 0 heterocycles. The summed E-state index contributed by atoms with van der Waals surface area (Å²) in [6, 6.07) is 0.862. The first kappa shape index (κ1) is 13.0. The van der Waals surface area contributed by atoms with Gasteiger partial charge in [0.15, 0.2) is 0 Å². The maximum Gasteiger partial charge on any atom is 0.0107 e. The van der Waals surface area contributed by atoms with Crippen LogP contribution in [0.4, 0.5) is 0 Å². The molecule has 90 valence electrons. The monoisotopic (exact) mass is 212 g/mol. The summed E-state index contributed by atoms with van der Waals surface area (Å²) in [7, 11) is 2.27. The number of hydrogen-bond acceptors (Lipinski definition) is 2. The van der Waals surface area contributed by atoms with Crippen molar-refractivity contribution in [2.45, 2.75) is 52.5 Å². The molecule has 2 heteroatoms. The zero-order valence-corrected chi connectivity index (χ0v) is 11.0. The Morgan fingerprint density at radius 1 is 1.20 bits per heavy atom. The second-order valence-electron chi connectivity index (χ2n) is 6.16. The predicted octanol–water partition coefficient (Wildman–Crippen LogP) is 2.50. The summed E-state index contributed by atoms with van der Waals surface area (Å²) in [5.74, 6) is 0. The van der Waals surface area contributed by atoms with Gasteiger partial charge in [0, 0.05) is 25.7 Å². The van der Waals surface area contributed by atoms with Crippen LogP contribution in [0.15, 0.2) is 0 Å². The van der Waals surface area contributed by atoms with Crippen LogP contribution < -0.4 is 5.32 Å². The maximum atomic E-state index is 3.54. The van der Waals surface area contributed by atoms with Crippen molar-refractivity contribution in [1.29, 1.82) is 0 Å². The van der Waals surface area contributed by atoms with Gasteiger partial charge < -0.3 is 10.2 Å². The van der Waals surface area contributed by atoms with Crippen molar-refractivity contribution in [3.8, 4) is 0 Å². The third kappa shape index (κ3) is 5.53. The van der Waals surface area contributed by atoms with Gasteiger partial charge in [0.1, 0.15) is 0 Å². The Morgan fingerprint density at radius 3 is 2.33 bits per heavy atom. The van der Waals surface area contributed by atoms with E-state index in [2.05, 4.69) is 38.0 Å². The number of hydrogen-bond donors (Lipinski definition) is 1. The van der Waals surface area contributed by atoms with Crippen molar-refractivity contribution >= 4 is 0 Å². The molecule has 1 aliphatic carbocycles. The minimum Gasteiger partial charge on any atom is -0.315 e. The lowest BCUT2D eigenvalue weighted by molar-refractivity contribution is 0.241. The first-order valence-electron chi connectivity index (χ1n) is 6.40. The molecule has 0 unspecified atom stereocenters. The fourth-order valence-electron chi connectivity index (χ4n) is 2.25. The van der Waals surface area contributed by atoms with Crippen LogP contribution in [0.5, 0.6) is 0 Å². The van der Waals surface area contributed by atoms with E-state index < -0.39 is 0 Å². The fourth-order valence-corrected chi connectivity index (χ4v) is 2.25. The van der Waals surface area contributed by atoms with Crippen LogP contribution in [-0.2, 0) is 0 Å². The van der Waals surface area contributed by atoms with Crippen molar-refractivity contribution in [2.75, 3.05) is 26.7 Å². The average molecular weight is 212 g/mol. The molecule has 0 bridgehead atoms. The van der Waals surface area contributed by atoms with E-state index in [0.717, 1.165) is 19.1 Å². The largest absolute Gasteiger partial charge is 0.315 e. The minimum atomic E-state index is 0.409. The zero-order valence-electron chi connectivity index (χ0n) is 11.0. The van der Waals surface area contributed by atoms with Crippen LogP contribution in [0.25, 0.3) is 0 Å². The van der Waals surface area contributed by atoms with Gasteiger partial charge >= 0.3 is 0 Å². The Morgan fingerprint density at radius 2 is 1.80 bits per heavy atom. The molecular weight excluding hydrogens is 184 g/mol. The quantitative estimate of drug-likeness (QED) is 0.704. The number of rotatable bonds is 5. The molecule has 0 aliphatic heterocycles. The molecule has 15 heavy (non-hydrogen) atoms. The van der Waals surface area contributed by atoms with Gasteiger partial charge in [-0.05, 0) is 25.3 Å². The summed E-state index contributed by atoms with van der Waals surface area (Å²) in [5.41, 5.74) is 0.409. The van der Waals surface area contributed by atoms with Crippen LogP contribution in [0, 0.1) is 5.41 Å². The number of nitrogens with zero attached hydrogens (tertiary/aromatic N) is 1. The first-order chi connectivity index (χ1) is 6.99. The molecule has 0 atom stereocenters. The Balaban J connectivity index is 2.04. The van der Waals surface area contributed by atoms with Crippen LogP contribution in [-0.4, -0.2) is 37.6 Å². The van der Waals surface area contributed by atoms with E-state index in [-0.39, 0.29) is 0 Å². The van der Waals surface area contributed by atoms with Crippen molar-refractivity contribution in [3.63, 3.8) is 0 Å². The second-order valence-corrected chi connectivity index (χ2v) is 6.16. The molecular formula is C13H28N2. The SMILES string of the molecule is CN(CCNCC(C)(C)C)C1CCCC1. The number of nitrogens with one attached hydrogen (secondary N) is 1. The average Bonchev–Trinajstić information content (AvgIpc) is 2.63. The fraction of sp³-hybridized carbons (Fsp3) is 1.00. The molecule has 0 aromatic carbocycles. The summed E-state index contributed by atoms with van der Waals surface area (Å²) in [6.07, 6.45) is 5.69. The maximum absolute atomic E-state index is 3.54. The van der Waals surface area contributed by atoms with E-state index in [1.165, 1.54) is 32.2 Å². The van der Waals surface area contributed by atoms with Crippen LogP contribution in [0.1, 0.15) is 46.5 Å². The summed E-state index contributed by atoms with van der Waals surface area (Å²) >= 11 is 0. The molecule has 1 saturated carbocycles. The summed E-state index contributed by atoms with van der Waals surface area (Å²) < 4.78 is 0. The molecule has 0 saturated heterocycles. The van der Waals surface area contributed by atoms with E-state index in [9.17, 15) is 0 Å². The molecule has 0 aromatic heterocycles. The lowest BCUT2D eigenvalue weighted by Gasteiger charge is -2.25. The van der Waals surface area contributed by atoms with Gasteiger partial charge in [0.2, 0.25) is 0 Å². The van der Waals surface area contributed by atoms with E-state index >= 15 is 0 Å². The zero-order chi connectivity index (χ0) is 11.3. The van der Waals surface area contributed by atoms with Gasteiger partial charge in [-0.25, -0.2) is 0 Å². The smallest absolute Gasteiger partial charge is 0.0107 e. The molecule has 0 radical (unpaired) electrons. The molecule has 1 aliphatic rings. The lowest BCUT2D eigenvalue weighted by atomic mass is 9.97. The van der Waals surface area contributed by atoms with E-state index in [1.54, 1.807) is 0 Å². The molecule has 1 rings (SSSR count). The van der Waals surface area contributed by atoms with Crippen molar-refractivity contribution in [3.05, 3.63) is 0 Å². The standard InChI is InChI=1S/C13H28N2/c1-13(2,3)11-14-9-10-15(4)12-7-5-6-8-12/h12,14H,5-11H2,1-4H3. The van der Waals surface area contributed by atoms with Gasteiger partial charge in [0.25, 0.3) is 0 Å².